The second-order valence-corrected chi connectivity index (χ2v) is 6.63. The molecule has 132 valence electrons. The topological polar surface area (TPSA) is 115 Å². The molecule has 24 heavy (non-hydrogen) atoms. The first-order chi connectivity index (χ1) is 11.3. The van der Waals surface area contributed by atoms with Gasteiger partial charge in [-0.25, -0.2) is 9.78 Å². The number of pyridine rings is 1. The van der Waals surface area contributed by atoms with Crippen LogP contribution in [0.15, 0.2) is 0 Å². The van der Waals surface area contributed by atoms with Gasteiger partial charge in [0, 0.05) is 12.1 Å². The molecule has 0 saturated carbocycles. The van der Waals surface area contributed by atoms with E-state index in [1.54, 1.807) is 4.90 Å². The van der Waals surface area contributed by atoms with Gasteiger partial charge in [0.05, 0.1) is 25.5 Å². The quantitative estimate of drug-likeness (QED) is 0.692. The molecule has 1 aromatic rings. The van der Waals surface area contributed by atoms with Gasteiger partial charge in [-0.1, -0.05) is 0 Å². The molecule has 0 aliphatic carbocycles. The van der Waals surface area contributed by atoms with Crippen LogP contribution in [0.25, 0.3) is 0 Å². The highest BCUT2D eigenvalue weighted by atomic mass is 16.6. The Labute approximate surface area is 140 Å². The molecule has 2 aliphatic heterocycles. The van der Waals surface area contributed by atoms with E-state index in [4.69, 9.17) is 25.1 Å². The Hall–Kier alpha value is -2.35. The van der Waals surface area contributed by atoms with Crippen LogP contribution in [0.4, 0.5) is 10.6 Å². The molecule has 0 aromatic carbocycles. The Morgan fingerprint density at radius 3 is 2.58 bits per heavy atom. The molecule has 3 heterocycles. The van der Waals surface area contributed by atoms with Crippen LogP contribution in [0.1, 0.15) is 43.2 Å². The normalized spacial score (nSPS) is 15.7. The van der Waals surface area contributed by atoms with Gasteiger partial charge in [0.15, 0.2) is 0 Å². The highest BCUT2D eigenvalue weighted by molar-refractivity contribution is 5.69. The number of ether oxygens (including phenoxy) is 2. The van der Waals surface area contributed by atoms with Gasteiger partial charge in [-0.15, -0.1) is 0 Å². The fraction of sp³-hybridized carbons (Fsp3) is 0.562. The maximum absolute atomic E-state index is 12.2. The van der Waals surface area contributed by atoms with E-state index in [0.717, 1.165) is 17.7 Å². The lowest BCUT2D eigenvalue weighted by molar-refractivity contribution is -0.122. The third kappa shape index (κ3) is 3.94. The maximum atomic E-state index is 12.2. The van der Waals surface area contributed by atoms with Gasteiger partial charge in [0.25, 0.3) is 6.47 Å². The van der Waals surface area contributed by atoms with Crippen LogP contribution in [0.3, 0.4) is 0 Å². The molecule has 0 atom stereocenters. The van der Waals surface area contributed by atoms with E-state index in [9.17, 15) is 4.79 Å². The average Bonchev–Trinajstić information content (AvgIpc) is 2.96. The van der Waals surface area contributed by atoms with Crippen molar-refractivity contribution in [1.29, 1.82) is 0 Å². The Morgan fingerprint density at radius 1 is 1.33 bits per heavy atom. The van der Waals surface area contributed by atoms with Crippen molar-refractivity contribution >= 4 is 18.4 Å². The number of carbonyl (C=O) groups excluding carboxylic acids is 1. The van der Waals surface area contributed by atoms with Crippen molar-refractivity contribution in [2.24, 2.45) is 0 Å². The molecule has 8 nitrogen and oxygen atoms in total. The zero-order valence-electron chi connectivity index (χ0n) is 14.2. The predicted octanol–water partition coefficient (Wildman–Crippen LogP) is 1.69. The minimum atomic E-state index is -0.490. The number of fused-ring (bicyclic) bond motifs is 3. The smallest absolute Gasteiger partial charge is 0.410 e. The number of nitrogen functional groups attached to an aromatic ring is 1. The molecular weight excluding hydrogens is 314 g/mol. The summed E-state index contributed by atoms with van der Waals surface area (Å²) >= 11 is 0. The summed E-state index contributed by atoms with van der Waals surface area (Å²) in [5, 5.41) is 6.89. The van der Waals surface area contributed by atoms with E-state index >= 15 is 0 Å². The standard InChI is InChI=1S/C15H21N3O3.CH2O2/c1-15(2,3)21-14(19)18-5-4-9-10-7-20-8-11(10)13(16)17-12(9)6-18;2-1-3/h4-8H2,1-3H3,(H2,16,17);1H,(H,2,3). The molecule has 0 radical (unpaired) electrons. The zero-order chi connectivity index (χ0) is 17.9. The maximum Gasteiger partial charge on any atom is 0.410 e. The molecule has 0 unspecified atom stereocenters. The largest absolute Gasteiger partial charge is 0.483 e. The fourth-order valence-electron chi connectivity index (χ4n) is 2.80. The lowest BCUT2D eigenvalue weighted by Crippen LogP contribution is -2.40. The summed E-state index contributed by atoms with van der Waals surface area (Å²) in [6, 6.07) is 0. The predicted molar refractivity (Wildman–Crippen MR) is 86.2 cm³/mol. The number of hydrogen-bond acceptors (Lipinski definition) is 6. The lowest BCUT2D eigenvalue weighted by Gasteiger charge is -2.31. The van der Waals surface area contributed by atoms with Crippen molar-refractivity contribution in [3.8, 4) is 0 Å². The van der Waals surface area contributed by atoms with Crippen LogP contribution in [-0.2, 0) is 40.4 Å². The monoisotopic (exact) mass is 337 g/mol. The molecule has 2 aliphatic rings. The number of aromatic nitrogens is 1. The van der Waals surface area contributed by atoms with E-state index < -0.39 is 5.60 Å². The second-order valence-electron chi connectivity index (χ2n) is 6.63. The van der Waals surface area contributed by atoms with Crippen molar-refractivity contribution in [2.75, 3.05) is 12.3 Å². The average molecular weight is 337 g/mol. The van der Waals surface area contributed by atoms with Crippen LogP contribution in [0.5, 0.6) is 0 Å². The zero-order valence-corrected chi connectivity index (χ0v) is 14.2. The Balaban J connectivity index is 0.000000647. The Bertz CT molecular complexity index is 640. The SMILES string of the molecule is CC(C)(C)OC(=O)N1CCc2c(nc(N)c3c2COC3)C1.O=CO. The molecule has 0 spiro atoms. The van der Waals surface area contributed by atoms with Crippen molar-refractivity contribution in [3.63, 3.8) is 0 Å². The summed E-state index contributed by atoms with van der Waals surface area (Å²) in [4.78, 5) is 26.7. The Kier molecular flexibility index (Phi) is 5.28. The number of amides is 1. The van der Waals surface area contributed by atoms with Gasteiger partial charge in [-0.05, 0) is 38.3 Å². The number of nitrogens with zero attached hydrogens (tertiary/aromatic N) is 2. The van der Waals surface area contributed by atoms with Gasteiger partial charge < -0.3 is 25.2 Å². The highest BCUT2D eigenvalue weighted by Crippen LogP contribution is 2.32. The molecule has 0 fully saturated rings. The summed E-state index contributed by atoms with van der Waals surface area (Å²) in [6.45, 7) is 7.56. The van der Waals surface area contributed by atoms with Gasteiger partial charge >= 0.3 is 6.09 Å². The van der Waals surface area contributed by atoms with Crippen molar-refractivity contribution in [2.45, 2.75) is 52.6 Å². The number of carbonyl (C=O) groups is 2. The van der Waals surface area contributed by atoms with E-state index in [-0.39, 0.29) is 12.6 Å². The Morgan fingerprint density at radius 2 is 1.96 bits per heavy atom. The van der Waals surface area contributed by atoms with Gasteiger partial charge in [0.2, 0.25) is 0 Å². The van der Waals surface area contributed by atoms with E-state index in [2.05, 4.69) is 4.98 Å². The van der Waals surface area contributed by atoms with Crippen LogP contribution < -0.4 is 5.73 Å². The number of hydrogen-bond donors (Lipinski definition) is 2. The van der Waals surface area contributed by atoms with Gasteiger partial charge in [-0.2, -0.15) is 0 Å². The van der Waals surface area contributed by atoms with Crippen LogP contribution in [0.2, 0.25) is 0 Å². The van der Waals surface area contributed by atoms with Crippen LogP contribution in [-0.4, -0.2) is 39.7 Å². The minimum absolute atomic E-state index is 0.250. The summed E-state index contributed by atoms with van der Waals surface area (Å²) in [5.41, 5.74) is 9.74. The molecule has 0 saturated heterocycles. The first kappa shape index (κ1) is 18.0. The summed E-state index contributed by atoms with van der Waals surface area (Å²) in [7, 11) is 0. The number of nitrogens with two attached hydrogens (primary N) is 1. The van der Waals surface area contributed by atoms with Gasteiger partial charge in [0.1, 0.15) is 11.4 Å². The molecule has 0 bridgehead atoms. The first-order valence-corrected chi connectivity index (χ1v) is 7.69. The molecular formula is C16H23N3O5. The lowest BCUT2D eigenvalue weighted by atomic mass is 9.96. The van der Waals surface area contributed by atoms with Crippen LogP contribution >= 0.6 is 0 Å². The molecule has 1 aromatic heterocycles. The second kappa shape index (κ2) is 7.04. The number of anilines is 1. The van der Waals surface area contributed by atoms with Crippen molar-refractivity contribution in [1.82, 2.24) is 9.88 Å². The van der Waals surface area contributed by atoms with Crippen LogP contribution in [0, 0.1) is 0 Å². The summed E-state index contributed by atoms with van der Waals surface area (Å²) in [5.74, 6) is 0.521. The molecule has 1 amide bonds. The number of carboxylic acid groups (broad SMARTS) is 1. The summed E-state index contributed by atoms with van der Waals surface area (Å²) in [6.07, 6.45) is 0.471. The number of rotatable bonds is 0. The van der Waals surface area contributed by atoms with E-state index in [1.807, 2.05) is 20.8 Å². The van der Waals surface area contributed by atoms with Crippen molar-refractivity contribution < 1.29 is 24.2 Å². The van der Waals surface area contributed by atoms with E-state index in [1.165, 1.54) is 11.1 Å². The van der Waals surface area contributed by atoms with E-state index in [0.29, 0.717) is 32.1 Å². The minimum Gasteiger partial charge on any atom is -0.483 e. The molecule has 3 N–H and O–H groups in total. The van der Waals surface area contributed by atoms with Gasteiger partial charge in [-0.3, -0.25) is 4.79 Å². The third-order valence-electron chi connectivity index (χ3n) is 3.76. The molecule has 3 rings (SSSR count). The molecule has 8 heteroatoms. The highest BCUT2D eigenvalue weighted by Gasteiger charge is 2.30. The third-order valence-corrected chi connectivity index (χ3v) is 3.76. The van der Waals surface area contributed by atoms with Crippen molar-refractivity contribution in [3.05, 3.63) is 22.4 Å². The fourth-order valence-corrected chi connectivity index (χ4v) is 2.80. The summed E-state index contributed by atoms with van der Waals surface area (Å²) < 4.78 is 10.9. The first-order valence-electron chi connectivity index (χ1n) is 7.69.